The number of amides is 1. The van der Waals surface area contributed by atoms with Gasteiger partial charge in [0.05, 0.1) is 5.69 Å². The molecule has 0 unspecified atom stereocenters. The number of benzene rings is 1. The van der Waals surface area contributed by atoms with Gasteiger partial charge < -0.3 is 0 Å². The number of thioether (sulfide) groups is 1. The fourth-order valence-electron chi connectivity index (χ4n) is 5.03. The maximum absolute atomic E-state index is 13.1. The van der Waals surface area contributed by atoms with Crippen LogP contribution in [0.25, 0.3) is 0 Å². The first-order valence-electron chi connectivity index (χ1n) is 10.2. The number of carbonyl (C=O) groups is 1. The maximum Gasteiger partial charge on any atom is 0.228 e. The summed E-state index contributed by atoms with van der Waals surface area (Å²) in [5.41, 5.74) is 2.27. The van der Waals surface area contributed by atoms with E-state index < -0.39 is 0 Å². The van der Waals surface area contributed by atoms with Gasteiger partial charge in [0.15, 0.2) is 5.17 Å². The number of hydrogen-bond donors (Lipinski definition) is 0. The highest BCUT2D eigenvalue weighted by Crippen LogP contribution is 2.49. The Hall–Kier alpha value is -1.29. The van der Waals surface area contributed by atoms with Gasteiger partial charge in [0.25, 0.3) is 0 Å². The van der Waals surface area contributed by atoms with Gasteiger partial charge in [-0.25, -0.2) is 4.99 Å². The number of aliphatic imine (C=N–C) groups is 1. The summed E-state index contributed by atoms with van der Waals surface area (Å²) in [6, 6.07) is 8.35. The molecule has 2 aliphatic carbocycles. The monoisotopic (exact) mass is 370 g/mol. The number of fused-ring (bicyclic) bond motifs is 2. The van der Waals surface area contributed by atoms with Gasteiger partial charge in [0.1, 0.15) is 0 Å². The normalized spacial score (nSPS) is 29.7. The van der Waals surface area contributed by atoms with Crippen LogP contribution < -0.4 is 0 Å². The Morgan fingerprint density at radius 2 is 2.12 bits per heavy atom. The van der Waals surface area contributed by atoms with Crippen LogP contribution in [-0.2, 0) is 4.79 Å². The molecular formula is C22H30N2OS. The van der Waals surface area contributed by atoms with E-state index in [2.05, 4.69) is 32.0 Å². The maximum atomic E-state index is 13.1. The fraction of sp³-hybridized carbons (Fsp3) is 0.636. The molecule has 1 aromatic rings. The van der Waals surface area contributed by atoms with Crippen molar-refractivity contribution in [3.8, 4) is 0 Å². The second-order valence-corrected chi connectivity index (χ2v) is 9.56. The van der Waals surface area contributed by atoms with Gasteiger partial charge in [-0.2, -0.15) is 0 Å². The SMILES string of the molecule is CC(C)c1ccccc1N=C1SCCCN1C(=O)C[C@@H]1C[C@@H]2CC[C@@H]1C2. The molecule has 1 aliphatic heterocycles. The molecule has 3 atom stereocenters. The minimum absolute atomic E-state index is 0.301. The highest BCUT2D eigenvalue weighted by Gasteiger charge is 2.41. The zero-order chi connectivity index (χ0) is 18.1. The summed E-state index contributed by atoms with van der Waals surface area (Å²) < 4.78 is 0. The zero-order valence-corrected chi connectivity index (χ0v) is 16.8. The first-order chi connectivity index (χ1) is 12.6. The molecular weight excluding hydrogens is 340 g/mol. The van der Waals surface area contributed by atoms with E-state index in [4.69, 9.17) is 4.99 Å². The van der Waals surface area contributed by atoms with Gasteiger partial charge in [-0.3, -0.25) is 9.69 Å². The number of amidine groups is 1. The summed E-state index contributed by atoms with van der Waals surface area (Å²) in [7, 11) is 0. The van der Waals surface area contributed by atoms with Crippen molar-refractivity contribution >= 4 is 28.5 Å². The van der Waals surface area contributed by atoms with Crippen LogP contribution in [0, 0.1) is 17.8 Å². The average molecular weight is 371 g/mol. The Morgan fingerprint density at radius 3 is 2.85 bits per heavy atom. The lowest BCUT2D eigenvalue weighted by atomic mass is 9.86. The highest BCUT2D eigenvalue weighted by molar-refractivity contribution is 8.13. The summed E-state index contributed by atoms with van der Waals surface area (Å²) >= 11 is 1.74. The van der Waals surface area contributed by atoms with Gasteiger partial charge in [0.2, 0.25) is 5.91 Å². The molecule has 1 saturated heterocycles. The highest BCUT2D eigenvalue weighted by atomic mass is 32.2. The van der Waals surface area contributed by atoms with Crippen LogP contribution in [0.3, 0.4) is 0 Å². The standard InChI is InChI=1S/C22H30N2OS/c1-15(2)19-6-3-4-7-20(19)23-22-24(10-5-11-26-22)21(25)14-18-13-16-8-9-17(18)12-16/h3-4,6-7,15-18H,5,8-14H2,1-2H3/t16-,17-,18+/m1/s1. The Morgan fingerprint density at radius 1 is 1.27 bits per heavy atom. The van der Waals surface area contributed by atoms with Crippen LogP contribution in [0.5, 0.6) is 0 Å². The van der Waals surface area contributed by atoms with E-state index in [1.54, 1.807) is 11.8 Å². The van der Waals surface area contributed by atoms with E-state index in [0.29, 0.717) is 17.7 Å². The molecule has 1 aromatic carbocycles. The van der Waals surface area contributed by atoms with E-state index in [-0.39, 0.29) is 0 Å². The van der Waals surface area contributed by atoms with E-state index >= 15 is 0 Å². The molecule has 2 bridgehead atoms. The van der Waals surface area contributed by atoms with E-state index in [1.807, 2.05) is 11.0 Å². The lowest BCUT2D eigenvalue weighted by Crippen LogP contribution is -2.40. The molecule has 26 heavy (non-hydrogen) atoms. The third-order valence-electron chi connectivity index (χ3n) is 6.39. The van der Waals surface area contributed by atoms with Gasteiger partial charge >= 0.3 is 0 Å². The molecule has 1 heterocycles. The minimum atomic E-state index is 0.301. The van der Waals surface area contributed by atoms with Crippen molar-refractivity contribution in [1.29, 1.82) is 0 Å². The van der Waals surface area contributed by atoms with Crippen LogP contribution in [0.15, 0.2) is 29.3 Å². The second kappa shape index (κ2) is 7.75. The van der Waals surface area contributed by atoms with Gasteiger partial charge in [-0.05, 0) is 61.0 Å². The van der Waals surface area contributed by atoms with Crippen molar-refractivity contribution in [3.05, 3.63) is 29.8 Å². The second-order valence-electron chi connectivity index (χ2n) is 8.49. The molecule has 4 heteroatoms. The van der Waals surface area contributed by atoms with Crippen LogP contribution in [0.1, 0.15) is 63.9 Å². The van der Waals surface area contributed by atoms with Crippen LogP contribution in [0.2, 0.25) is 0 Å². The number of para-hydroxylation sites is 1. The lowest BCUT2D eigenvalue weighted by Gasteiger charge is -2.30. The largest absolute Gasteiger partial charge is 0.291 e. The molecule has 1 amide bonds. The molecule has 0 N–H and O–H groups in total. The van der Waals surface area contributed by atoms with Crippen molar-refractivity contribution in [2.24, 2.45) is 22.7 Å². The van der Waals surface area contributed by atoms with Crippen LogP contribution in [-0.4, -0.2) is 28.3 Å². The molecule has 140 valence electrons. The molecule has 3 nitrogen and oxygen atoms in total. The fourth-order valence-corrected chi connectivity index (χ4v) is 5.99. The topological polar surface area (TPSA) is 32.7 Å². The van der Waals surface area contributed by atoms with Crippen molar-refractivity contribution in [2.75, 3.05) is 12.3 Å². The van der Waals surface area contributed by atoms with E-state index in [0.717, 1.165) is 47.8 Å². The Balaban J connectivity index is 1.52. The lowest BCUT2D eigenvalue weighted by molar-refractivity contribution is -0.128. The van der Waals surface area contributed by atoms with E-state index in [1.165, 1.54) is 31.2 Å². The number of nitrogens with zero attached hydrogens (tertiary/aromatic N) is 2. The molecule has 0 spiro atoms. The molecule has 3 fully saturated rings. The van der Waals surface area contributed by atoms with Gasteiger partial charge in [-0.1, -0.05) is 50.2 Å². The number of rotatable bonds is 4. The third kappa shape index (κ3) is 3.71. The van der Waals surface area contributed by atoms with Crippen molar-refractivity contribution in [3.63, 3.8) is 0 Å². The van der Waals surface area contributed by atoms with Crippen molar-refractivity contribution in [1.82, 2.24) is 4.90 Å². The van der Waals surface area contributed by atoms with E-state index in [9.17, 15) is 4.79 Å². The summed E-state index contributed by atoms with van der Waals surface area (Å²) in [4.78, 5) is 20.0. The molecule has 2 saturated carbocycles. The Kier molecular flexibility index (Phi) is 5.40. The summed E-state index contributed by atoms with van der Waals surface area (Å²) in [5, 5.41) is 0.914. The van der Waals surface area contributed by atoms with Crippen LogP contribution >= 0.6 is 11.8 Å². The van der Waals surface area contributed by atoms with Gasteiger partial charge in [0, 0.05) is 18.7 Å². The molecule has 0 aromatic heterocycles. The average Bonchev–Trinajstić information content (AvgIpc) is 3.25. The van der Waals surface area contributed by atoms with Crippen molar-refractivity contribution in [2.45, 2.75) is 58.3 Å². The Labute approximate surface area is 161 Å². The molecule has 0 radical (unpaired) electrons. The smallest absolute Gasteiger partial charge is 0.228 e. The van der Waals surface area contributed by atoms with Crippen molar-refractivity contribution < 1.29 is 4.79 Å². The predicted molar refractivity (Wildman–Crippen MR) is 110 cm³/mol. The number of hydrogen-bond acceptors (Lipinski definition) is 3. The zero-order valence-electron chi connectivity index (χ0n) is 16.0. The quantitative estimate of drug-likeness (QED) is 0.692. The minimum Gasteiger partial charge on any atom is -0.291 e. The molecule has 4 rings (SSSR count). The first kappa shape index (κ1) is 18.1. The summed E-state index contributed by atoms with van der Waals surface area (Å²) in [6.45, 7) is 5.23. The van der Waals surface area contributed by atoms with Gasteiger partial charge in [-0.15, -0.1) is 0 Å². The molecule has 3 aliphatic rings. The summed E-state index contributed by atoms with van der Waals surface area (Å²) in [6.07, 6.45) is 7.19. The Bertz CT molecular complexity index is 699. The predicted octanol–water partition coefficient (Wildman–Crippen LogP) is 5.59. The number of carbonyl (C=O) groups excluding carboxylic acids is 1. The van der Waals surface area contributed by atoms with Crippen LogP contribution in [0.4, 0.5) is 5.69 Å². The first-order valence-corrected chi connectivity index (χ1v) is 11.2. The summed E-state index contributed by atoms with van der Waals surface area (Å²) in [5.74, 6) is 4.12. The third-order valence-corrected chi connectivity index (χ3v) is 7.45.